The average Bonchev–Trinajstić information content (AvgIpc) is 2.58. The van der Waals surface area contributed by atoms with Gasteiger partial charge in [0.2, 0.25) is 5.91 Å². The number of hydrogen-bond acceptors (Lipinski definition) is 5. The molecule has 2 amide bonds. The van der Waals surface area contributed by atoms with Crippen molar-refractivity contribution in [2.75, 3.05) is 18.5 Å². The summed E-state index contributed by atoms with van der Waals surface area (Å²) < 4.78 is 4.89. The van der Waals surface area contributed by atoms with Crippen molar-refractivity contribution in [3.05, 3.63) is 29.8 Å². The molecule has 7 nitrogen and oxygen atoms in total. The van der Waals surface area contributed by atoms with Crippen LogP contribution < -0.4 is 16.0 Å². The molecule has 0 spiro atoms. The molecule has 0 heterocycles. The molecule has 25 heavy (non-hydrogen) atoms. The Morgan fingerprint density at radius 1 is 1.16 bits per heavy atom. The smallest absolute Gasteiger partial charge is 0.306 e. The van der Waals surface area contributed by atoms with Gasteiger partial charge in [-0.15, -0.1) is 0 Å². The van der Waals surface area contributed by atoms with Crippen molar-refractivity contribution >= 4 is 40.8 Å². The highest BCUT2D eigenvalue weighted by atomic mass is 32.1. The normalized spacial score (nSPS) is 9.84. The van der Waals surface area contributed by atoms with Gasteiger partial charge in [0, 0.05) is 24.2 Å². The first kappa shape index (κ1) is 20.6. The predicted octanol–water partition coefficient (Wildman–Crippen LogP) is 1.98. The third-order valence-corrected chi connectivity index (χ3v) is 3.20. The van der Waals surface area contributed by atoms with E-state index < -0.39 is 5.97 Å². The molecule has 0 saturated heterocycles. The van der Waals surface area contributed by atoms with Gasteiger partial charge in [-0.2, -0.15) is 0 Å². The van der Waals surface area contributed by atoms with Crippen molar-refractivity contribution in [3.8, 4) is 0 Å². The molecule has 0 atom stereocenters. The van der Waals surface area contributed by atoms with E-state index in [1.807, 2.05) is 13.8 Å². The molecule has 0 bridgehead atoms. The highest BCUT2D eigenvalue weighted by Gasteiger charge is 2.10. The lowest BCUT2D eigenvalue weighted by atomic mass is 10.2. The van der Waals surface area contributed by atoms with Crippen molar-refractivity contribution in [1.82, 2.24) is 10.6 Å². The maximum atomic E-state index is 11.8. The SMILES string of the molecule is CCCOC(=O)CCC(=O)NC(=S)Nc1cccc(C(=O)NCC)c1. The van der Waals surface area contributed by atoms with Gasteiger partial charge in [0.1, 0.15) is 0 Å². The van der Waals surface area contributed by atoms with E-state index in [1.54, 1.807) is 24.3 Å². The molecule has 1 aromatic rings. The third-order valence-electron chi connectivity index (χ3n) is 3.00. The van der Waals surface area contributed by atoms with Crippen LogP contribution in [0, 0.1) is 0 Å². The van der Waals surface area contributed by atoms with Crippen LogP contribution >= 0.6 is 12.2 Å². The third kappa shape index (κ3) is 8.25. The minimum absolute atomic E-state index is 0.00111. The lowest BCUT2D eigenvalue weighted by molar-refractivity contribution is -0.144. The Balaban J connectivity index is 2.46. The number of carbonyl (C=O) groups excluding carboxylic acids is 3. The first-order valence-electron chi connectivity index (χ1n) is 8.11. The second kappa shape index (κ2) is 11.1. The van der Waals surface area contributed by atoms with Crippen LogP contribution in [0.2, 0.25) is 0 Å². The predicted molar refractivity (Wildman–Crippen MR) is 99.3 cm³/mol. The van der Waals surface area contributed by atoms with Crippen molar-refractivity contribution in [1.29, 1.82) is 0 Å². The number of amides is 2. The first-order valence-corrected chi connectivity index (χ1v) is 8.51. The van der Waals surface area contributed by atoms with Gasteiger partial charge in [-0.3, -0.25) is 14.4 Å². The van der Waals surface area contributed by atoms with Gasteiger partial charge in [-0.1, -0.05) is 13.0 Å². The number of carbonyl (C=O) groups is 3. The number of benzene rings is 1. The van der Waals surface area contributed by atoms with Crippen LogP contribution in [-0.4, -0.2) is 36.0 Å². The zero-order chi connectivity index (χ0) is 18.7. The fourth-order valence-corrected chi connectivity index (χ4v) is 2.09. The van der Waals surface area contributed by atoms with Gasteiger partial charge in [0.05, 0.1) is 13.0 Å². The molecule has 136 valence electrons. The topological polar surface area (TPSA) is 96.5 Å². The molecule has 1 aromatic carbocycles. The molecule has 0 aliphatic carbocycles. The standard InChI is InChI=1S/C17H23N3O4S/c1-3-10-24-15(22)9-8-14(21)20-17(25)19-13-7-5-6-12(11-13)16(23)18-4-2/h5-7,11H,3-4,8-10H2,1-2H3,(H,18,23)(H2,19,20,21,25). The summed E-state index contributed by atoms with van der Waals surface area (Å²) >= 11 is 5.06. The molecule has 0 radical (unpaired) electrons. The number of rotatable bonds is 8. The average molecular weight is 365 g/mol. The molecule has 0 aliphatic heterocycles. The number of ether oxygens (including phenoxy) is 1. The number of thiocarbonyl (C=S) groups is 1. The lowest BCUT2D eigenvalue weighted by Crippen LogP contribution is -2.34. The van der Waals surface area contributed by atoms with Gasteiger partial charge >= 0.3 is 5.97 Å². The molecule has 0 unspecified atom stereocenters. The second-order valence-electron chi connectivity index (χ2n) is 5.16. The van der Waals surface area contributed by atoms with Gasteiger partial charge in [-0.25, -0.2) is 0 Å². The zero-order valence-corrected chi connectivity index (χ0v) is 15.2. The minimum Gasteiger partial charge on any atom is -0.466 e. The quantitative estimate of drug-likeness (QED) is 0.481. The summed E-state index contributed by atoms with van der Waals surface area (Å²) in [5.41, 5.74) is 1.07. The van der Waals surface area contributed by atoms with Crippen LogP contribution in [0.5, 0.6) is 0 Å². The Morgan fingerprint density at radius 3 is 2.60 bits per heavy atom. The molecule has 0 saturated carbocycles. The highest BCUT2D eigenvalue weighted by molar-refractivity contribution is 7.80. The number of esters is 1. The summed E-state index contributed by atoms with van der Waals surface area (Å²) in [4.78, 5) is 34.9. The fraction of sp³-hybridized carbons (Fsp3) is 0.412. The van der Waals surface area contributed by atoms with E-state index >= 15 is 0 Å². The van der Waals surface area contributed by atoms with Gasteiger partial charge in [0.15, 0.2) is 5.11 Å². The van der Waals surface area contributed by atoms with Crippen molar-refractivity contribution < 1.29 is 19.1 Å². The molecule has 0 aliphatic rings. The van der Waals surface area contributed by atoms with E-state index in [9.17, 15) is 14.4 Å². The summed E-state index contributed by atoms with van der Waals surface area (Å²) in [6, 6.07) is 6.75. The Bertz CT molecular complexity index is 634. The van der Waals surface area contributed by atoms with Crippen molar-refractivity contribution in [3.63, 3.8) is 0 Å². The zero-order valence-electron chi connectivity index (χ0n) is 14.4. The summed E-state index contributed by atoms with van der Waals surface area (Å²) in [6.07, 6.45) is 0.728. The van der Waals surface area contributed by atoms with Crippen LogP contribution in [0.15, 0.2) is 24.3 Å². The summed E-state index contributed by atoms with van der Waals surface area (Å²) in [5, 5.41) is 8.12. The number of anilines is 1. The highest BCUT2D eigenvalue weighted by Crippen LogP contribution is 2.10. The second-order valence-corrected chi connectivity index (χ2v) is 5.57. The van der Waals surface area contributed by atoms with E-state index in [-0.39, 0.29) is 29.8 Å². The fourth-order valence-electron chi connectivity index (χ4n) is 1.86. The molecule has 0 fully saturated rings. The Hall–Kier alpha value is -2.48. The Labute approximate surface area is 152 Å². The van der Waals surface area contributed by atoms with Gasteiger partial charge < -0.3 is 20.7 Å². The van der Waals surface area contributed by atoms with Crippen molar-refractivity contribution in [2.45, 2.75) is 33.1 Å². The molecular formula is C17H23N3O4S. The summed E-state index contributed by atoms with van der Waals surface area (Å²) in [5.74, 6) is -0.983. The summed E-state index contributed by atoms with van der Waals surface area (Å²) in [6.45, 7) is 4.61. The maximum absolute atomic E-state index is 11.8. The molecule has 8 heteroatoms. The van der Waals surface area contributed by atoms with Crippen LogP contribution in [0.3, 0.4) is 0 Å². The number of hydrogen-bond donors (Lipinski definition) is 3. The van der Waals surface area contributed by atoms with E-state index in [2.05, 4.69) is 16.0 Å². The van der Waals surface area contributed by atoms with E-state index in [0.29, 0.717) is 24.4 Å². The maximum Gasteiger partial charge on any atom is 0.306 e. The lowest BCUT2D eigenvalue weighted by Gasteiger charge is -2.10. The van der Waals surface area contributed by atoms with E-state index in [1.165, 1.54) is 0 Å². The Kier molecular flexibility index (Phi) is 9.16. The molecule has 3 N–H and O–H groups in total. The van der Waals surface area contributed by atoms with Crippen LogP contribution in [0.25, 0.3) is 0 Å². The molecule has 1 rings (SSSR count). The van der Waals surface area contributed by atoms with E-state index in [4.69, 9.17) is 17.0 Å². The van der Waals surface area contributed by atoms with E-state index in [0.717, 1.165) is 6.42 Å². The largest absolute Gasteiger partial charge is 0.466 e. The Morgan fingerprint density at radius 2 is 1.92 bits per heavy atom. The van der Waals surface area contributed by atoms with Gasteiger partial charge in [0.25, 0.3) is 5.91 Å². The summed E-state index contributed by atoms with van der Waals surface area (Å²) in [7, 11) is 0. The van der Waals surface area contributed by atoms with Crippen molar-refractivity contribution in [2.24, 2.45) is 0 Å². The van der Waals surface area contributed by atoms with Crippen LogP contribution in [0.4, 0.5) is 5.69 Å². The van der Waals surface area contributed by atoms with Crippen LogP contribution in [-0.2, 0) is 14.3 Å². The van der Waals surface area contributed by atoms with Gasteiger partial charge in [-0.05, 0) is 43.8 Å². The number of nitrogens with one attached hydrogen (secondary N) is 3. The molecule has 0 aromatic heterocycles. The van der Waals surface area contributed by atoms with Crippen LogP contribution in [0.1, 0.15) is 43.5 Å². The monoisotopic (exact) mass is 365 g/mol. The minimum atomic E-state index is -0.412. The molecular weight excluding hydrogens is 342 g/mol. The first-order chi connectivity index (χ1) is 12.0.